The Morgan fingerprint density at radius 1 is 1.03 bits per heavy atom. The standard InChI is InChI=1S/C23H26F2N4/c1-23(2)11-9-17(10-12-23)26-13-19-20(24)8-7-18(21(19)25)15-3-5-16(6-4-15)22-27-14-28-29-22/h3-8,14,17,26H,9-13H2,1-2H3,(H,27,28,29). The number of aromatic amines is 1. The van der Waals surface area contributed by atoms with E-state index in [0.717, 1.165) is 31.2 Å². The second kappa shape index (κ2) is 8.03. The lowest BCUT2D eigenvalue weighted by atomic mass is 9.75. The highest BCUT2D eigenvalue weighted by Gasteiger charge is 2.27. The van der Waals surface area contributed by atoms with Crippen LogP contribution in [0.3, 0.4) is 0 Å². The Balaban J connectivity index is 1.51. The smallest absolute Gasteiger partial charge is 0.155 e. The maximum atomic E-state index is 15.2. The van der Waals surface area contributed by atoms with Gasteiger partial charge in [0.05, 0.1) is 0 Å². The van der Waals surface area contributed by atoms with Gasteiger partial charge in [-0.3, -0.25) is 5.10 Å². The molecule has 1 aliphatic rings. The topological polar surface area (TPSA) is 53.6 Å². The minimum atomic E-state index is -0.506. The molecular weight excluding hydrogens is 370 g/mol. The van der Waals surface area contributed by atoms with Gasteiger partial charge in [0.25, 0.3) is 0 Å². The third-order valence-corrected chi connectivity index (χ3v) is 5.98. The number of H-pyrrole nitrogens is 1. The Bertz CT molecular complexity index is 955. The molecule has 3 aromatic rings. The van der Waals surface area contributed by atoms with E-state index in [1.54, 1.807) is 0 Å². The molecule has 6 heteroatoms. The molecule has 0 unspecified atom stereocenters. The minimum absolute atomic E-state index is 0.103. The van der Waals surface area contributed by atoms with Crippen LogP contribution in [-0.4, -0.2) is 21.2 Å². The van der Waals surface area contributed by atoms with Crippen LogP contribution < -0.4 is 5.32 Å². The van der Waals surface area contributed by atoms with Gasteiger partial charge in [0.1, 0.15) is 18.0 Å². The molecule has 4 rings (SSSR count). The summed E-state index contributed by atoms with van der Waals surface area (Å²) < 4.78 is 29.5. The third-order valence-electron chi connectivity index (χ3n) is 5.98. The normalized spacial score (nSPS) is 16.8. The van der Waals surface area contributed by atoms with Crippen molar-refractivity contribution in [1.82, 2.24) is 20.5 Å². The summed E-state index contributed by atoms with van der Waals surface area (Å²) in [4.78, 5) is 4.11. The highest BCUT2D eigenvalue weighted by molar-refractivity contribution is 5.68. The molecule has 29 heavy (non-hydrogen) atoms. The van der Waals surface area contributed by atoms with Crippen LogP contribution >= 0.6 is 0 Å². The Morgan fingerprint density at radius 2 is 1.72 bits per heavy atom. The average Bonchev–Trinajstić information content (AvgIpc) is 3.24. The van der Waals surface area contributed by atoms with Gasteiger partial charge in [-0.15, -0.1) is 0 Å². The minimum Gasteiger partial charge on any atom is -0.310 e. The van der Waals surface area contributed by atoms with Crippen molar-refractivity contribution in [3.8, 4) is 22.5 Å². The van der Waals surface area contributed by atoms with Crippen molar-refractivity contribution >= 4 is 0 Å². The number of nitrogens with zero attached hydrogens (tertiary/aromatic N) is 2. The Hall–Kier alpha value is -2.60. The largest absolute Gasteiger partial charge is 0.310 e. The molecule has 0 bridgehead atoms. The van der Waals surface area contributed by atoms with E-state index in [4.69, 9.17) is 0 Å². The van der Waals surface area contributed by atoms with Gasteiger partial charge in [0.15, 0.2) is 5.82 Å². The summed E-state index contributed by atoms with van der Waals surface area (Å²) in [5.41, 5.74) is 2.43. The predicted molar refractivity (Wildman–Crippen MR) is 110 cm³/mol. The monoisotopic (exact) mass is 396 g/mol. The SMILES string of the molecule is CC1(C)CCC(NCc2c(F)ccc(-c3ccc(-c4ncn[nH]4)cc3)c2F)CC1. The van der Waals surface area contributed by atoms with Crippen LogP contribution in [0.4, 0.5) is 8.78 Å². The van der Waals surface area contributed by atoms with Crippen LogP contribution in [0.15, 0.2) is 42.7 Å². The van der Waals surface area contributed by atoms with Crippen LogP contribution in [0.1, 0.15) is 45.1 Å². The Labute approximate surface area is 169 Å². The highest BCUT2D eigenvalue weighted by atomic mass is 19.1. The van der Waals surface area contributed by atoms with Gasteiger partial charge in [-0.25, -0.2) is 13.8 Å². The number of hydrogen-bond acceptors (Lipinski definition) is 3. The first-order valence-corrected chi connectivity index (χ1v) is 10.1. The van der Waals surface area contributed by atoms with Gasteiger partial charge < -0.3 is 5.32 Å². The molecule has 2 N–H and O–H groups in total. The Kier molecular flexibility index (Phi) is 5.46. The zero-order chi connectivity index (χ0) is 20.4. The number of hydrogen-bond donors (Lipinski definition) is 2. The van der Waals surface area contributed by atoms with Crippen molar-refractivity contribution in [2.75, 3.05) is 0 Å². The van der Waals surface area contributed by atoms with Crippen molar-refractivity contribution < 1.29 is 8.78 Å². The molecule has 1 heterocycles. The lowest BCUT2D eigenvalue weighted by molar-refractivity contribution is 0.205. The van der Waals surface area contributed by atoms with Crippen LogP contribution in [0.2, 0.25) is 0 Å². The third kappa shape index (κ3) is 4.37. The van der Waals surface area contributed by atoms with Crippen LogP contribution in [0.25, 0.3) is 22.5 Å². The van der Waals surface area contributed by atoms with E-state index in [2.05, 4.69) is 34.3 Å². The molecule has 0 radical (unpaired) electrons. The maximum Gasteiger partial charge on any atom is 0.155 e. The first kappa shape index (κ1) is 19.7. The molecule has 4 nitrogen and oxygen atoms in total. The summed E-state index contributed by atoms with van der Waals surface area (Å²) in [6.07, 6.45) is 5.79. The highest BCUT2D eigenvalue weighted by Crippen LogP contribution is 2.35. The van der Waals surface area contributed by atoms with E-state index in [1.165, 1.54) is 18.5 Å². The molecule has 0 amide bonds. The number of benzene rings is 2. The molecule has 1 aromatic heterocycles. The molecule has 1 aliphatic carbocycles. The van der Waals surface area contributed by atoms with Crippen LogP contribution in [0, 0.1) is 17.0 Å². The molecule has 0 aliphatic heterocycles. The second-order valence-electron chi connectivity index (χ2n) is 8.62. The summed E-state index contributed by atoms with van der Waals surface area (Å²) in [5.74, 6) is -0.356. The summed E-state index contributed by atoms with van der Waals surface area (Å²) in [6.45, 7) is 4.76. The van der Waals surface area contributed by atoms with Crippen LogP contribution in [-0.2, 0) is 6.54 Å². The average molecular weight is 396 g/mol. The van der Waals surface area contributed by atoms with E-state index < -0.39 is 11.6 Å². The van der Waals surface area contributed by atoms with Gasteiger partial charge in [-0.05, 0) is 48.8 Å². The van der Waals surface area contributed by atoms with Gasteiger partial charge in [-0.2, -0.15) is 5.10 Å². The van der Waals surface area contributed by atoms with E-state index in [0.29, 0.717) is 28.4 Å². The van der Waals surface area contributed by atoms with Gasteiger partial charge in [0, 0.05) is 29.3 Å². The number of nitrogens with one attached hydrogen (secondary N) is 2. The van der Waals surface area contributed by atoms with Crippen molar-refractivity contribution in [1.29, 1.82) is 0 Å². The van der Waals surface area contributed by atoms with E-state index in [-0.39, 0.29) is 12.1 Å². The number of halogens is 2. The lowest BCUT2D eigenvalue weighted by Gasteiger charge is -2.34. The number of aromatic nitrogens is 3. The van der Waals surface area contributed by atoms with Crippen molar-refractivity contribution in [2.24, 2.45) is 5.41 Å². The molecule has 1 saturated carbocycles. The van der Waals surface area contributed by atoms with Gasteiger partial charge in [-0.1, -0.05) is 38.1 Å². The number of rotatable bonds is 5. The van der Waals surface area contributed by atoms with Gasteiger partial charge >= 0.3 is 0 Å². The Morgan fingerprint density at radius 3 is 2.38 bits per heavy atom. The quantitative estimate of drug-likeness (QED) is 0.601. The van der Waals surface area contributed by atoms with E-state index in [1.807, 2.05) is 24.3 Å². The zero-order valence-electron chi connectivity index (χ0n) is 16.8. The zero-order valence-corrected chi connectivity index (χ0v) is 16.8. The molecule has 0 spiro atoms. The van der Waals surface area contributed by atoms with E-state index >= 15 is 4.39 Å². The lowest BCUT2D eigenvalue weighted by Crippen LogP contribution is -2.35. The van der Waals surface area contributed by atoms with E-state index in [9.17, 15) is 4.39 Å². The van der Waals surface area contributed by atoms with Crippen molar-refractivity contribution in [3.63, 3.8) is 0 Å². The molecule has 152 valence electrons. The summed E-state index contributed by atoms with van der Waals surface area (Å²) in [7, 11) is 0. The molecule has 1 fully saturated rings. The predicted octanol–water partition coefficient (Wildman–Crippen LogP) is 5.48. The molecular formula is C23H26F2N4. The summed E-state index contributed by atoms with van der Waals surface area (Å²) in [5, 5.41) is 10.0. The molecule has 2 aromatic carbocycles. The summed E-state index contributed by atoms with van der Waals surface area (Å²) in [6, 6.07) is 10.5. The second-order valence-corrected chi connectivity index (χ2v) is 8.62. The van der Waals surface area contributed by atoms with Crippen molar-refractivity contribution in [3.05, 3.63) is 59.9 Å². The fraction of sp³-hybridized carbons (Fsp3) is 0.391. The fourth-order valence-corrected chi connectivity index (χ4v) is 3.98. The first-order chi connectivity index (χ1) is 13.9. The fourth-order valence-electron chi connectivity index (χ4n) is 3.98. The van der Waals surface area contributed by atoms with Gasteiger partial charge in [0.2, 0.25) is 0 Å². The van der Waals surface area contributed by atoms with Crippen LogP contribution in [0.5, 0.6) is 0 Å². The first-order valence-electron chi connectivity index (χ1n) is 10.1. The molecule has 0 saturated heterocycles. The molecule has 0 atom stereocenters. The maximum absolute atomic E-state index is 15.2. The van der Waals surface area contributed by atoms with Crippen molar-refractivity contribution in [2.45, 2.75) is 52.1 Å². The summed E-state index contributed by atoms with van der Waals surface area (Å²) >= 11 is 0.